The molecule has 0 radical (unpaired) electrons. The summed E-state index contributed by atoms with van der Waals surface area (Å²) in [6.07, 6.45) is 1.51. The van der Waals surface area contributed by atoms with E-state index in [2.05, 4.69) is 9.80 Å². The molecule has 2 amide bonds. The smallest absolute Gasteiger partial charge is 0.414 e. The number of esters is 2. The number of hydrogen-bond donors (Lipinski definition) is 2. The van der Waals surface area contributed by atoms with Crippen molar-refractivity contribution in [1.29, 1.82) is 0 Å². The van der Waals surface area contributed by atoms with Crippen molar-refractivity contribution in [2.75, 3.05) is 64.9 Å². The fourth-order valence-corrected chi connectivity index (χ4v) is 19.8. The van der Waals surface area contributed by atoms with Gasteiger partial charge < -0.3 is 52.8 Å². The minimum Gasteiger partial charge on any atom is -0.467 e. The number of fused-ring (bicyclic) bond motifs is 15. The molecule has 6 aliphatic carbocycles. The van der Waals surface area contributed by atoms with E-state index in [4.69, 9.17) is 42.6 Å². The maximum Gasteiger partial charge on any atom is 0.414 e. The summed E-state index contributed by atoms with van der Waals surface area (Å²) < 4.78 is 55.4. The monoisotopic (exact) mass is 924 g/mol. The van der Waals surface area contributed by atoms with E-state index in [-0.39, 0.29) is 39.3 Å². The SMILES string of the molecule is COC(=O)N1c2c(ccc3c2OCO3)[C@@]23[C@@H]4[C@@H]5[C@H](O[C@@H]4N4CCC[C@@]6(CC[C@@]12[C@](O)(C(=O)OC)C6)[C@H]43)N1CCC[C@@]23CC[C@]4(N(C(=O)OC)c6c(ccc7c6OCO7)[C@@]54[C@@H]12)[C@](O)(C(=O)OC)C3. The molecule has 19 nitrogen and oxygen atoms in total. The number of benzene rings is 2. The van der Waals surface area contributed by atoms with E-state index in [0.29, 0.717) is 84.3 Å². The molecular weight excluding hydrogens is 873 g/mol. The van der Waals surface area contributed by atoms with E-state index < -0.39 is 104 Å². The van der Waals surface area contributed by atoms with Crippen molar-refractivity contribution >= 4 is 35.5 Å². The number of hydrogen-bond acceptors (Lipinski definition) is 17. The Morgan fingerprint density at radius 3 is 1.42 bits per heavy atom. The Morgan fingerprint density at radius 2 is 1.01 bits per heavy atom. The zero-order valence-corrected chi connectivity index (χ0v) is 37.7. The van der Waals surface area contributed by atoms with Gasteiger partial charge >= 0.3 is 24.1 Å². The molecule has 354 valence electrons. The van der Waals surface area contributed by atoms with Gasteiger partial charge in [-0.3, -0.25) is 19.6 Å². The van der Waals surface area contributed by atoms with Gasteiger partial charge in [-0.2, -0.15) is 0 Å². The van der Waals surface area contributed by atoms with Crippen molar-refractivity contribution in [3.63, 3.8) is 0 Å². The summed E-state index contributed by atoms with van der Waals surface area (Å²) in [5.41, 5.74) is -10.1. The molecule has 9 aliphatic heterocycles. The number of amides is 2. The molecule has 5 saturated heterocycles. The predicted molar refractivity (Wildman–Crippen MR) is 225 cm³/mol. The number of carbonyl (C=O) groups is 4. The second-order valence-electron chi connectivity index (χ2n) is 21.7. The van der Waals surface area contributed by atoms with E-state index in [1.165, 1.54) is 38.2 Å². The van der Waals surface area contributed by atoms with Crippen LogP contribution in [0, 0.1) is 22.7 Å². The first-order chi connectivity index (χ1) is 32.3. The van der Waals surface area contributed by atoms with Crippen LogP contribution in [-0.4, -0.2) is 146 Å². The van der Waals surface area contributed by atoms with Crippen LogP contribution in [0.1, 0.15) is 75.3 Å². The molecule has 19 heteroatoms. The van der Waals surface area contributed by atoms with Crippen LogP contribution in [0.4, 0.5) is 21.0 Å². The van der Waals surface area contributed by atoms with Crippen LogP contribution in [-0.2, 0) is 44.1 Å². The van der Waals surface area contributed by atoms with Gasteiger partial charge in [0.1, 0.15) is 23.5 Å². The highest BCUT2D eigenvalue weighted by molar-refractivity contribution is 6.04. The molecule has 6 spiro atoms. The van der Waals surface area contributed by atoms with Crippen LogP contribution < -0.4 is 28.7 Å². The lowest BCUT2D eigenvalue weighted by Gasteiger charge is -2.74. The third-order valence-electron chi connectivity index (χ3n) is 20.7. The number of carbonyl (C=O) groups excluding carboxylic acids is 4. The van der Waals surface area contributed by atoms with Crippen LogP contribution >= 0.6 is 0 Å². The van der Waals surface area contributed by atoms with E-state index in [1.807, 2.05) is 24.3 Å². The third kappa shape index (κ3) is 3.53. The van der Waals surface area contributed by atoms with E-state index in [9.17, 15) is 10.2 Å². The summed E-state index contributed by atoms with van der Waals surface area (Å²) in [4.78, 5) is 68.4. The number of methoxy groups -OCH3 is 4. The number of anilines is 2. The normalized spacial score (nSPS) is 46.2. The predicted octanol–water partition coefficient (Wildman–Crippen LogP) is 3.02. The first-order valence-electron chi connectivity index (χ1n) is 23.8. The molecule has 14 atom stereocenters. The van der Waals surface area contributed by atoms with Gasteiger partial charge in [-0.15, -0.1) is 0 Å². The van der Waals surface area contributed by atoms with Gasteiger partial charge in [0, 0.05) is 47.8 Å². The Morgan fingerprint density at radius 1 is 0.582 bits per heavy atom. The maximum absolute atomic E-state index is 15.2. The Balaban J connectivity index is 1.12. The third-order valence-corrected chi connectivity index (χ3v) is 20.7. The van der Waals surface area contributed by atoms with Crippen LogP contribution in [0.5, 0.6) is 23.0 Å². The zero-order chi connectivity index (χ0) is 45.8. The fraction of sp³-hybridized carbons (Fsp3) is 0.667. The molecule has 6 saturated carbocycles. The Labute approximate surface area is 384 Å². The number of piperidine rings is 2. The topological polar surface area (TPSA) is 205 Å². The van der Waals surface area contributed by atoms with E-state index >= 15 is 19.2 Å². The average molecular weight is 925 g/mol. The molecule has 0 unspecified atom stereocenters. The summed E-state index contributed by atoms with van der Waals surface area (Å²) in [5, 5.41) is 28.1. The summed E-state index contributed by atoms with van der Waals surface area (Å²) in [6, 6.07) is 6.81. The van der Waals surface area contributed by atoms with Crippen LogP contribution in [0.15, 0.2) is 24.3 Å². The van der Waals surface area contributed by atoms with E-state index in [1.54, 1.807) is 0 Å². The van der Waals surface area contributed by atoms with Crippen LogP contribution in [0.25, 0.3) is 0 Å². The van der Waals surface area contributed by atoms with Crippen molar-refractivity contribution in [2.24, 2.45) is 22.7 Å². The molecule has 9 heterocycles. The van der Waals surface area contributed by atoms with Crippen molar-refractivity contribution in [3.05, 3.63) is 35.4 Å². The van der Waals surface area contributed by atoms with Gasteiger partial charge in [0.25, 0.3) is 0 Å². The number of ether oxygens (including phenoxy) is 9. The Kier molecular flexibility index (Phi) is 7.05. The molecule has 15 aliphatic rings. The molecule has 0 aromatic heterocycles. The standard InChI is InChI=1S/C48H52N4O15/c1-59-37(53)43(57)19-41-11-5-17-49-33-27(47(35(41)49)23-7-9-25-31(65-21-63-25)29(23)51(39(55)61-3)45(43,47)15-13-41)28-34(67-33)50-18-6-12-42-14-16-46(44(58,20-42)38(54)60-2)48(28,36(42)50)24-8-10-26-32(66-22-64-26)30(24)52(46)40(56)62-4/h7-10,27-28,33-36,57-58H,5-6,11-22H2,1-4H3/t27-,28-,33+,34+,35+,36+,41+,42+,43-,44-,45+,46+,47+,48+/m1/s1. The molecule has 2 aromatic carbocycles. The lowest BCUT2D eigenvalue weighted by Crippen LogP contribution is -2.89. The molecule has 17 rings (SSSR count). The minimum absolute atomic E-state index is 0.0155. The van der Waals surface area contributed by atoms with Crippen LogP contribution in [0.2, 0.25) is 0 Å². The Hall–Kier alpha value is -5.08. The molecule has 67 heavy (non-hydrogen) atoms. The lowest BCUT2D eigenvalue weighted by molar-refractivity contribution is -0.241. The van der Waals surface area contributed by atoms with Crippen molar-refractivity contribution in [3.8, 4) is 23.0 Å². The molecule has 2 N–H and O–H groups in total. The lowest BCUT2D eigenvalue weighted by atomic mass is 9.32. The highest BCUT2D eigenvalue weighted by Gasteiger charge is 2.97. The first kappa shape index (κ1) is 39.9. The quantitative estimate of drug-likeness (QED) is 0.328. The summed E-state index contributed by atoms with van der Waals surface area (Å²) >= 11 is 0. The average Bonchev–Trinajstić information content (AvgIpc) is 4.21. The largest absolute Gasteiger partial charge is 0.467 e. The number of rotatable bonds is 2. The Bertz CT molecular complexity index is 2540. The highest BCUT2D eigenvalue weighted by Crippen LogP contribution is 2.87. The number of nitrogens with zero attached hydrogens (tertiary/aromatic N) is 4. The van der Waals surface area contributed by atoms with Gasteiger partial charge in [0.15, 0.2) is 34.2 Å². The molecule has 11 fully saturated rings. The highest BCUT2D eigenvalue weighted by atomic mass is 16.7. The number of aliphatic hydroxyl groups is 2. The summed E-state index contributed by atoms with van der Waals surface area (Å²) in [6.45, 7) is 1.02. The first-order valence-corrected chi connectivity index (χ1v) is 23.8. The fourth-order valence-electron chi connectivity index (χ4n) is 19.8. The summed E-state index contributed by atoms with van der Waals surface area (Å²) in [5.74, 6) is -1.72. The van der Waals surface area contributed by atoms with Crippen molar-refractivity contribution in [1.82, 2.24) is 9.80 Å². The zero-order valence-electron chi connectivity index (χ0n) is 37.7. The molecule has 2 aromatic rings. The molecular formula is C48H52N4O15. The van der Waals surface area contributed by atoms with Crippen LogP contribution in [0.3, 0.4) is 0 Å². The maximum atomic E-state index is 15.2. The van der Waals surface area contributed by atoms with Gasteiger partial charge in [-0.05, 0) is 98.3 Å². The van der Waals surface area contributed by atoms with Gasteiger partial charge in [-0.25, -0.2) is 19.2 Å². The van der Waals surface area contributed by atoms with Gasteiger partial charge in [0.2, 0.25) is 13.6 Å². The second kappa shape index (κ2) is 11.8. The minimum atomic E-state index is -2.30. The van der Waals surface area contributed by atoms with Crippen molar-refractivity contribution < 1.29 is 72.0 Å². The van der Waals surface area contributed by atoms with Gasteiger partial charge in [-0.1, -0.05) is 12.1 Å². The second-order valence-corrected chi connectivity index (χ2v) is 21.7. The van der Waals surface area contributed by atoms with E-state index in [0.717, 1.165) is 12.8 Å². The van der Waals surface area contributed by atoms with Gasteiger partial charge in [0.05, 0.1) is 39.8 Å². The molecule has 4 bridgehead atoms. The van der Waals surface area contributed by atoms with Crippen molar-refractivity contribution in [2.45, 2.75) is 122 Å². The summed E-state index contributed by atoms with van der Waals surface area (Å²) in [7, 11) is 5.12.